The molecule has 108 valence electrons. The number of allylic oxidation sites excluding steroid dienone is 1. The number of rotatable bonds is 5. The van der Waals surface area contributed by atoms with Crippen LogP contribution in [0, 0.1) is 3.57 Å². The summed E-state index contributed by atoms with van der Waals surface area (Å²) < 4.78 is 7.82. The molecule has 0 fully saturated rings. The average molecular weight is 478 g/mol. The van der Waals surface area contributed by atoms with Crippen LogP contribution >= 0.6 is 50.1 Å². The molecular formula is C16H11BrClIO2. The Labute approximate surface area is 150 Å². The van der Waals surface area contributed by atoms with Crippen molar-refractivity contribution < 1.29 is 9.53 Å². The maximum absolute atomic E-state index is 10.7. The quantitative estimate of drug-likeness (QED) is 0.327. The van der Waals surface area contributed by atoms with E-state index in [1.54, 1.807) is 6.08 Å². The second kappa shape index (κ2) is 7.96. The van der Waals surface area contributed by atoms with Gasteiger partial charge >= 0.3 is 0 Å². The second-order valence-electron chi connectivity index (χ2n) is 4.25. The highest BCUT2D eigenvalue weighted by Gasteiger charge is 2.03. The summed E-state index contributed by atoms with van der Waals surface area (Å²) in [5, 5.41) is -0.486. The van der Waals surface area contributed by atoms with Crippen molar-refractivity contribution in [3.63, 3.8) is 0 Å². The van der Waals surface area contributed by atoms with Gasteiger partial charge < -0.3 is 4.74 Å². The number of hydrogen-bond acceptors (Lipinski definition) is 2. The standard InChI is InChI=1S/C16H11BrClIO2/c17-13-3-1-2-12(8-13)10-21-15-6-4-11(9-14(15)19)5-7-16(18)20/h1-9H,10H2/b7-5+. The van der Waals surface area contributed by atoms with Gasteiger partial charge in [-0.3, -0.25) is 4.79 Å². The van der Waals surface area contributed by atoms with Gasteiger partial charge in [-0.15, -0.1) is 0 Å². The van der Waals surface area contributed by atoms with Crippen LogP contribution in [0.1, 0.15) is 11.1 Å². The number of benzene rings is 2. The molecule has 21 heavy (non-hydrogen) atoms. The van der Waals surface area contributed by atoms with Gasteiger partial charge in [-0.25, -0.2) is 0 Å². The van der Waals surface area contributed by atoms with Gasteiger partial charge in [0.25, 0.3) is 0 Å². The monoisotopic (exact) mass is 476 g/mol. The highest BCUT2D eigenvalue weighted by Crippen LogP contribution is 2.24. The van der Waals surface area contributed by atoms with Crippen molar-refractivity contribution in [1.29, 1.82) is 0 Å². The van der Waals surface area contributed by atoms with Gasteiger partial charge in [0.1, 0.15) is 12.4 Å². The van der Waals surface area contributed by atoms with Crippen LogP contribution in [0.5, 0.6) is 5.75 Å². The molecule has 0 N–H and O–H groups in total. The van der Waals surface area contributed by atoms with Crippen molar-refractivity contribution in [1.82, 2.24) is 0 Å². The first kappa shape index (κ1) is 16.5. The topological polar surface area (TPSA) is 26.3 Å². The van der Waals surface area contributed by atoms with Crippen molar-refractivity contribution in [3.8, 4) is 5.75 Å². The first-order chi connectivity index (χ1) is 10.0. The van der Waals surface area contributed by atoms with Gasteiger partial charge in [-0.1, -0.05) is 40.2 Å². The van der Waals surface area contributed by atoms with Crippen molar-refractivity contribution >= 4 is 61.4 Å². The highest BCUT2D eigenvalue weighted by molar-refractivity contribution is 14.1. The third-order valence-corrected chi connectivity index (χ3v) is 4.11. The lowest BCUT2D eigenvalue weighted by Gasteiger charge is -2.09. The van der Waals surface area contributed by atoms with Crippen LogP contribution in [-0.4, -0.2) is 5.24 Å². The molecule has 0 aromatic heterocycles. The normalized spacial score (nSPS) is 10.8. The summed E-state index contributed by atoms with van der Waals surface area (Å²) in [6.45, 7) is 0.505. The molecule has 0 aliphatic heterocycles. The molecule has 0 atom stereocenters. The second-order valence-corrected chi connectivity index (χ2v) is 6.70. The zero-order valence-corrected chi connectivity index (χ0v) is 15.4. The molecule has 2 aromatic rings. The smallest absolute Gasteiger partial charge is 0.245 e. The fraction of sp³-hybridized carbons (Fsp3) is 0.0625. The van der Waals surface area contributed by atoms with Crippen LogP contribution in [0.25, 0.3) is 6.08 Å². The van der Waals surface area contributed by atoms with E-state index in [0.717, 1.165) is 24.9 Å². The third-order valence-electron chi connectivity index (χ3n) is 2.65. The molecule has 0 radical (unpaired) electrons. The number of ether oxygens (including phenoxy) is 1. The van der Waals surface area contributed by atoms with Gasteiger partial charge in [-0.05, 0) is 75.7 Å². The fourth-order valence-corrected chi connectivity index (χ4v) is 2.89. The summed E-state index contributed by atoms with van der Waals surface area (Å²) in [5.41, 5.74) is 2.00. The first-order valence-corrected chi connectivity index (χ1v) is 8.34. The van der Waals surface area contributed by atoms with Crippen molar-refractivity contribution in [2.45, 2.75) is 6.61 Å². The molecule has 0 bridgehead atoms. The summed E-state index contributed by atoms with van der Waals surface area (Å²) >= 11 is 10.9. The van der Waals surface area contributed by atoms with Gasteiger partial charge in [-0.2, -0.15) is 0 Å². The number of hydrogen-bond donors (Lipinski definition) is 0. The van der Waals surface area contributed by atoms with E-state index >= 15 is 0 Å². The summed E-state index contributed by atoms with van der Waals surface area (Å²) in [7, 11) is 0. The maximum Gasteiger partial charge on any atom is 0.245 e. The highest BCUT2D eigenvalue weighted by atomic mass is 127. The summed E-state index contributed by atoms with van der Waals surface area (Å²) in [6.07, 6.45) is 3.00. The molecule has 0 heterocycles. The predicted octanol–water partition coefficient (Wildman–Crippen LogP) is 5.41. The Morgan fingerprint density at radius 1 is 1.29 bits per heavy atom. The van der Waals surface area contributed by atoms with Crippen LogP contribution in [0.3, 0.4) is 0 Å². The minimum absolute atomic E-state index is 0.486. The van der Waals surface area contributed by atoms with E-state index in [-0.39, 0.29) is 0 Å². The minimum Gasteiger partial charge on any atom is -0.488 e. The molecule has 0 amide bonds. The SMILES string of the molecule is O=C(Cl)/C=C/c1ccc(OCc2cccc(Br)c2)c(I)c1. The molecule has 5 heteroatoms. The van der Waals surface area contributed by atoms with E-state index in [1.807, 2.05) is 42.5 Å². The van der Waals surface area contributed by atoms with Gasteiger partial charge in [0.05, 0.1) is 3.57 Å². The van der Waals surface area contributed by atoms with Crippen molar-refractivity contribution in [2.75, 3.05) is 0 Å². The Morgan fingerprint density at radius 2 is 2.10 bits per heavy atom. The van der Waals surface area contributed by atoms with E-state index in [0.29, 0.717) is 6.61 Å². The lowest BCUT2D eigenvalue weighted by Crippen LogP contribution is -1.97. The van der Waals surface area contributed by atoms with Crippen LogP contribution in [-0.2, 0) is 11.4 Å². The van der Waals surface area contributed by atoms with Crippen LogP contribution in [0.15, 0.2) is 53.0 Å². The van der Waals surface area contributed by atoms with Gasteiger partial charge in [0, 0.05) is 4.47 Å². The molecular weight excluding hydrogens is 466 g/mol. The Hall–Kier alpha value is -0.850. The Bertz CT molecular complexity index is 686. The molecule has 2 nitrogen and oxygen atoms in total. The molecule has 0 unspecified atom stereocenters. The zero-order chi connectivity index (χ0) is 15.2. The Morgan fingerprint density at radius 3 is 2.76 bits per heavy atom. The summed E-state index contributed by atoms with van der Waals surface area (Å²) in [4.78, 5) is 10.7. The number of carbonyl (C=O) groups is 1. The molecule has 0 saturated heterocycles. The van der Waals surface area contributed by atoms with Gasteiger partial charge in [0.15, 0.2) is 0 Å². The van der Waals surface area contributed by atoms with Crippen molar-refractivity contribution in [3.05, 3.63) is 67.7 Å². The van der Waals surface area contributed by atoms with E-state index in [4.69, 9.17) is 16.3 Å². The first-order valence-electron chi connectivity index (χ1n) is 6.09. The summed E-state index contributed by atoms with van der Waals surface area (Å²) in [6, 6.07) is 13.7. The maximum atomic E-state index is 10.7. The third kappa shape index (κ3) is 5.45. The van der Waals surface area contributed by atoms with Crippen LogP contribution in [0.4, 0.5) is 0 Å². The van der Waals surface area contributed by atoms with E-state index < -0.39 is 5.24 Å². The van der Waals surface area contributed by atoms with Gasteiger partial charge in [0.2, 0.25) is 5.24 Å². The molecule has 0 spiro atoms. The van der Waals surface area contributed by atoms with Crippen LogP contribution < -0.4 is 4.74 Å². The molecule has 2 aromatic carbocycles. The molecule has 2 rings (SSSR count). The summed E-state index contributed by atoms with van der Waals surface area (Å²) in [5.74, 6) is 0.810. The Kier molecular flexibility index (Phi) is 6.26. The molecule has 0 aliphatic carbocycles. The van der Waals surface area contributed by atoms with E-state index in [1.165, 1.54) is 6.08 Å². The fourth-order valence-electron chi connectivity index (χ4n) is 1.69. The van der Waals surface area contributed by atoms with Crippen molar-refractivity contribution in [2.24, 2.45) is 0 Å². The molecule has 0 saturated carbocycles. The van der Waals surface area contributed by atoms with E-state index in [2.05, 4.69) is 38.5 Å². The minimum atomic E-state index is -0.486. The number of carbonyl (C=O) groups excluding carboxylic acids is 1. The number of halogens is 3. The Balaban J connectivity index is 2.06. The van der Waals surface area contributed by atoms with Crippen LogP contribution in [0.2, 0.25) is 0 Å². The van der Waals surface area contributed by atoms with E-state index in [9.17, 15) is 4.79 Å². The predicted molar refractivity (Wildman–Crippen MR) is 97.5 cm³/mol. The molecule has 0 aliphatic rings. The lowest BCUT2D eigenvalue weighted by molar-refractivity contribution is -0.107. The largest absolute Gasteiger partial charge is 0.488 e. The zero-order valence-electron chi connectivity index (χ0n) is 10.9. The lowest BCUT2D eigenvalue weighted by atomic mass is 10.2. The average Bonchev–Trinajstić information content (AvgIpc) is 2.44.